The molecule has 1 aromatic carbocycles. The number of aryl methyl sites for hydroxylation is 2. The predicted molar refractivity (Wildman–Crippen MR) is 87.1 cm³/mol. The highest BCUT2D eigenvalue weighted by atomic mass is 32.1. The predicted octanol–water partition coefficient (Wildman–Crippen LogP) is 3.63. The molecule has 112 valence electrons. The molecule has 0 radical (unpaired) electrons. The highest BCUT2D eigenvalue weighted by Gasteiger charge is 2.20. The molecule has 3 nitrogen and oxygen atoms in total. The minimum atomic E-state index is 0.711. The highest BCUT2D eigenvalue weighted by molar-refractivity contribution is 7.09. The van der Waals surface area contributed by atoms with Gasteiger partial charge in [0.25, 0.3) is 0 Å². The quantitative estimate of drug-likeness (QED) is 0.848. The molecule has 1 N–H and O–H groups in total. The van der Waals surface area contributed by atoms with Gasteiger partial charge in [-0.15, -0.1) is 11.3 Å². The van der Waals surface area contributed by atoms with E-state index < -0.39 is 0 Å². The summed E-state index contributed by atoms with van der Waals surface area (Å²) in [5.74, 6) is 1.01. The number of nitrogens with zero attached hydrogens (tertiary/aromatic N) is 1. The van der Waals surface area contributed by atoms with Gasteiger partial charge in [-0.2, -0.15) is 0 Å². The van der Waals surface area contributed by atoms with Crippen molar-refractivity contribution in [3.05, 3.63) is 45.4 Å². The molecule has 0 bridgehead atoms. The summed E-state index contributed by atoms with van der Waals surface area (Å²) < 4.78 is 6.01. The van der Waals surface area contributed by atoms with Crippen LogP contribution in [0, 0.1) is 13.8 Å². The Morgan fingerprint density at radius 1 is 1.33 bits per heavy atom. The minimum absolute atomic E-state index is 0.711. The van der Waals surface area contributed by atoms with Crippen LogP contribution in [0.3, 0.4) is 0 Å². The van der Waals surface area contributed by atoms with Crippen LogP contribution < -0.4 is 10.1 Å². The maximum absolute atomic E-state index is 6.01. The summed E-state index contributed by atoms with van der Waals surface area (Å²) in [7, 11) is 0. The Kier molecular flexibility index (Phi) is 4.56. The van der Waals surface area contributed by atoms with Crippen LogP contribution in [0.2, 0.25) is 0 Å². The number of rotatable bonds is 7. The molecule has 0 saturated heterocycles. The number of nitrogens with one attached hydrogen (secondary N) is 1. The largest absolute Gasteiger partial charge is 0.493 e. The molecule has 2 aromatic rings. The van der Waals surface area contributed by atoms with Gasteiger partial charge in [0.2, 0.25) is 0 Å². The van der Waals surface area contributed by atoms with E-state index in [-0.39, 0.29) is 0 Å². The van der Waals surface area contributed by atoms with Crippen molar-refractivity contribution in [2.24, 2.45) is 0 Å². The Morgan fingerprint density at radius 3 is 2.90 bits per heavy atom. The van der Waals surface area contributed by atoms with Gasteiger partial charge in [-0.1, -0.05) is 17.7 Å². The van der Waals surface area contributed by atoms with E-state index in [1.54, 1.807) is 11.3 Å². The third-order valence-corrected chi connectivity index (χ3v) is 4.80. The van der Waals surface area contributed by atoms with Gasteiger partial charge in [-0.05, 0) is 32.8 Å². The van der Waals surface area contributed by atoms with E-state index >= 15 is 0 Å². The second kappa shape index (κ2) is 6.58. The maximum atomic E-state index is 6.01. The van der Waals surface area contributed by atoms with Gasteiger partial charge in [-0.3, -0.25) is 0 Å². The number of hydrogen-bond acceptors (Lipinski definition) is 4. The van der Waals surface area contributed by atoms with Crippen LogP contribution in [0.4, 0.5) is 0 Å². The van der Waals surface area contributed by atoms with E-state index in [9.17, 15) is 0 Å². The molecule has 0 amide bonds. The molecular formula is C17H22N2OS. The molecule has 1 saturated carbocycles. The van der Waals surface area contributed by atoms with E-state index in [1.807, 2.05) is 5.51 Å². The average Bonchev–Trinajstić information content (AvgIpc) is 3.21. The second-order valence-electron chi connectivity index (χ2n) is 5.73. The minimum Gasteiger partial charge on any atom is -0.493 e. The average molecular weight is 302 g/mol. The smallest absolute Gasteiger partial charge is 0.123 e. The number of ether oxygens (including phenoxy) is 1. The van der Waals surface area contributed by atoms with Crippen LogP contribution in [0.25, 0.3) is 0 Å². The van der Waals surface area contributed by atoms with Crippen LogP contribution in [0.1, 0.15) is 34.5 Å². The zero-order chi connectivity index (χ0) is 14.7. The first kappa shape index (κ1) is 14.5. The number of benzene rings is 1. The summed E-state index contributed by atoms with van der Waals surface area (Å²) in [5, 5.41) is 3.57. The van der Waals surface area contributed by atoms with Crippen LogP contribution in [0.5, 0.6) is 5.75 Å². The van der Waals surface area contributed by atoms with Gasteiger partial charge in [-0.25, -0.2) is 4.98 Å². The SMILES string of the molecule is Cc1ccc(OCCc2scnc2C)c(CNC2CC2)c1. The summed E-state index contributed by atoms with van der Waals surface area (Å²) in [6.07, 6.45) is 3.55. The van der Waals surface area contributed by atoms with Crippen LogP contribution in [-0.2, 0) is 13.0 Å². The fraction of sp³-hybridized carbons (Fsp3) is 0.471. The first-order chi connectivity index (χ1) is 10.2. The number of thiazole rings is 1. The summed E-state index contributed by atoms with van der Waals surface area (Å²) in [6.45, 7) is 5.80. The van der Waals surface area contributed by atoms with Gasteiger partial charge < -0.3 is 10.1 Å². The molecule has 1 aliphatic carbocycles. The van der Waals surface area contributed by atoms with Crippen LogP contribution >= 0.6 is 11.3 Å². The van der Waals surface area contributed by atoms with Crippen molar-refractivity contribution in [2.75, 3.05) is 6.61 Å². The maximum Gasteiger partial charge on any atom is 0.123 e. The topological polar surface area (TPSA) is 34.1 Å². The van der Waals surface area contributed by atoms with Crippen molar-refractivity contribution in [3.8, 4) is 5.75 Å². The van der Waals surface area contributed by atoms with E-state index in [2.05, 4.69) is 42.3 Å². The fourth-order valence-corrected chi connectivity index (χ4v) is 3.11. The Morgan fingerprint density at radius 2 is 2.19 bits per heavy atom. The molecule has 0 aliphatic heterocycles. The summed E-state index contributed by atoms with van der Waals surface area (Å²) >= 11 is 1.71. The molecule has 0 unspecified atom stereocenters. The summed E-state index contributed by atoms with van der Waals surface area (Å²) in [5.41, 5.74) is 5.58. The van der Waals surface area contributed by atoms with Crippen molar-refractivity contribution in [1.29, 1.82) is 0 Å². The van der Waals surface area contributed by atoms with E-state index in [0.717, 1.165) is 30.5 Å². The van der Waals surface area contributed by atoms with Gasteiger partial charge >= 0.3 is 0 Å². The number of hydrogen-bond donors (Lipinski definition) is 1. The molecule has 3 rings (SSSR count). The molecule has 1 aliphatic rings. The second-order valence-corrected chi connectivity index (χ2v) is 6.67. The normalized spacial score (nSPS) is 14.4. The van der Waals surface area contributed by atoms with E-state index in [0.29, 0.717) is 6.61 Å². The highest BCUT2D eigenvalue weighted by Crippen LogP contribution is 2.24. The molecule has 1 fully saturated rings. The lowest BCUT2D eigenvalue weighted by Gasteiger charge is -2.13. The van der Waals surface area contributed by atoms with Gasteiger partial charge in [0, 0.05) is 29.4 Å². The van der Waals surface area contributed by atoms with Crippen LogP contribution in [-0.4, -0.2) is 17.6 Å². The first-order valence-corrected chi connectivity index (χ1v) is 8.45. The van der Waals surface area contributed by atoms with E-state index in [4.69, 9.17) is 4.74 Å². The Bertz CT molecular complexity index is 605. The Hall–Kier alpha value is -1.39. The molecule has 1 heterocycles. The molecule has 4 heteroatoms. The standard InChI is InChI=1S/C17H22N2OS/c1-12-3-6-16(14(9-12)10-18-15-4-5-15)20-8-7-17-13(2)19-11-21-17/h3,6,9,11,15,18H,4-5,7-8,10H2,1-2H3. The zero-order valence-electron chi connectivity index (χ0n) is 12.7. The van der Waals surface area contributed by atoms with Crippen molar-refractivity contribution in [1.82, 2.24) is 10.3 Å². The van der Waals surface area contributed by atoms with E-state index in [1.165, 1.54) is 28.8 Å². The molecule has 0 atom stereocenters. The zero-order valence-corrected chi connectivity index (χ0v) is 13.5. The van der Waals surface area contributed by atoms with Gasteiger partial charge in [0.05, 0.1) is 17.8 Å². The third-order valence-electron chi connectivity index (χ3n) is 3.81. The van der Waals surface area contributed by atoms with Crippen molar-refractivity contribution in [2.45, 2.75) is 45.7 Å². The molecule has 1 aromatic heterocycles. The lowest BCUT2D eigenvalue weighted by atomic mass is 10.1. The molecular weight excluding hydrogens is 280 g/mol. The third kappa shape index (κ3) is 4.05. The van der Waals surface area contributed by atoms with Gasteiger partial charge in [0.1, 0.15) is 5.75 Å². The molecule has 0 spiro atoms. The Labute approximate surface area is 130 Å². The fourth-order valence-electron chi connectivity index (χ4n) is 2.35. The summed E-state index contributed by atoms with van der Waals surface area (Å²) in [4.78, 5) is 5.60. The van der Waals surface area contributed by atoms with Crippen LogP contribution in [0.15, 0.2) is 23.7 Å². The lowest BCUT2D eigenvalue weighted by Crippen LogP contribution is -2.16. The van der Waals surface area contributed by atoms with Gasteiger partial charge in [0.15, 0.2) is 0 Å². The summed E-state index contributed by atoms with van der Waals surface area (Å²) in [6, 6.07) is 7.16. The Balaban J connectivity index is 1.59. The monoisotopic (exact) mass is 302 g/mol. The molecule has 21 heavy (non-hydrogen) atoms. The first-order valence-electron chi connectivity index (χ1n) is 7.57. The number of aromatic nitrogens is 1. The van der Waals surface area contributed by atoms with Crippen molar-refractivity contribution in [3.63, 3.8) is 0 Å². The lowest BCUT2D eigenvalue weighted by molar-refractivity contribution is 0.318. The van der Waals surface area contributed by atoms with Crippen molar-refractivity contribution < 1.29 is 4.74 Å². The van der Waals surface area contributed by atoms with Crippen molar-refractivity contribution >= 4 is 11.3 Å².